The molecule has 76 heavy (non-hydrogen) atoms. The Kier molecular flexibility index (Phi) is 11.1. The molecule has 0 spiro atoms. The van der Waals surface area contributed by atoms with Crippen LogP contribution in [0.4, 0.5) is 34.1 Å². The van der Waals surface area contributed by atoms with E-state index in [1.165, 1.54) is 106 Å². The van der Waals surface area contributed by atoms with Gasteiger partial charge < -0.3 is 18.8 Å². The van der Waals surface area contributed by atoms with Crippen LogP contribution >= 0.6 is 0 Å². The van der Waals surface area contributed by atoms with Gasteiger partial charge in [-0.1, -0.05) is 160 Å². The van der Waals surface area contributed by atoms with Gasteiger partial charge in [-0.2, -0.15) is 0 Å². The number of anilines is 6. The molecule has 378 valence electrons. The first-order valence-corrected chi connectivity index (χ1v) is 27.2. The van der Waals surface area contributed by atoms with Gasteiger partial charge >= 0.3 is 0 Å². The minimum Gasteiger partial charge on any atom is -0.455 e. The Morgan fingerprint density at radius 3 is 1.64 bits per heavy atom. The fourth-order valence-electron chi connectivity index (χ4n) is 12.8. The molecular weight excluding hydrogens is 922 g/mol. The summed E-state index contributed by atoms with van der Waals surface area (Å²) in [6.45, 7) is 41.2. The Balaban J connectivity index is 1.22. The zero-order valence-electron chi connectivity index (χ0n) is 47.1. The van der Waals surface area contributed by atoms with Crippen molar-refractivity contribution < 1.29 is 4.42 Å². The smallest absolute Gasteiger partial charge is 0.252 e. The van der Waals surface area contributed by atoms with E-state index >= 15 is 0 Å². The van der Waals surface area contributed by atoms with Gasteiger partial charge in [-0.15, -0.1) is 0 Å². The number of allylic oxidation sites excluding steroid dienone is 1. The number of benzene rings is 8. The maximum Gasteiger partial charge on any atom is 0.252 e. The van der Waals surface area contributed by atoms with Crippen molar-refractivity contribution in [1.29, 1.82) is 0 Å². The van der Waals surface area contributed by atoms with E-state index in [1.807, 2.05) is 24.3 Å². The number of hydrogen-bond acceptors (Lipinski definition) is 3. The summed E-state index contributed by atoms with van der Waals surface area (Å²) in [5.74, 6) is 0. The Morgan fingerprint density at radius 2 is 1.04 bits per heavy atom. The van der Waals surface area contributed by atoms with E-state index in [1.54, 1.807) is 0 Å². The van der Waals surface area contributed by atoms with Gasteiger partial charge in [0.15, 0.2) is 0 Å². The van der Waals surface area contributed by atoms with E-state index in [0.29, 0.717) is 0 Å². The molecule has 2 aliphatic rings. The highest BCUT2D eigenvalue weighted by Crippen LogP contribution is 2.50. The molecule has 0 N–H and O–H groups in total. The van der Waals surface area contributed by atoms with E-state index in [0.717, 1.165) is 49.6 Å². The number of rotatable bonds is 5. The van der Waals surface area contributed by atoms with Gasteiger partial charge in [0.25, 0.3) is 6.71 Å². The van der Waals surface area contributed by atoms with Crippen LogP contribution in [0.3, 0.4) is 0 Å². The monoisotopic (exact) mass is 992 g/mol. The summed E-state index contributed by atoms with van der Waals surface area (Å²) in [5.41, 5.74) is 28.2. The molecule has 10 aromatic rings. The molecule has 0 saturated carbocycles. The molecule has 0 aliphatic carbocycles. The second-order valence-electron chi connectivity index (χ2n) is 25.1. The second kappa shape index (κ2) is 17.1. The van der Waals surface area contributed by atoms with Crippen LogP contribution in [0, 0.1) is 34.6 Å². The lowest BCUT2D eigenvalue weighted by Gasteiger charge is -2.46. The molecule has 0 amide bonds. The van der Waals surface area contributed by atoms with Gasteiger partial charge in [-0.3, -0.25) is 0 Å². The normalized spacial score (nSPS) is 13.9. The third kappa shape index (κ3) is 7.55. The van der Waals surface area contributed by atoms with Crippen molar-refractivity contribution in [1.82, 2.24) is 4.57 Å². The predicted octanol–water partition coefficient (Wildman–Crippen LogP) is 15.8. The maximum absolute atomic E-state index is 6.58. The number of fused-ring (bicyclic) bond motifs is 8. The SMILES string of the molecule is C=C/C(c1cc(C)c(N2c3cc4c(cc3B3c5cc(C(C)(C)C)ccc5N(c5c(C)cc(C(C)(C)C)cc5C)c5cc(C)cc2c53)c2ccc(C(C)(C)C)cc2n4-c2ccccc2)c(C)c1)=c1/oc2ccccc2c1=C. The van der Waals surface area contributed by atoms with Crippen LogP contribution in [0.2, 0.25) is 0 Å². The number of aromatic nitrogens is 1. The average Bonchev–Trinajstić information content (AvgIpc) is 4.04. The summed E-state index contributed by atoms with van der Waals surface area (Å²) in [4.78, 5) is 5.25. The van der Waals surface area contributed by atoms with Gasteiger partial charge in [-0.05, 0) is 178 Å². The first-order valence-electron chi connectivity index (χ1n) is 27.2. The van der Waals surface area contributed by atoms with Crippen molar-refractivity contribution in [2.75, 3.05) is 9.80 Å². The molecule has 4 heterocycles. The molecule has 2 aromatic heterocycles. The molecule has 0 bridgehead atoms. The highest BCUT2D eigenvalue weighted by atomic mass is 16.3. The molecule has 0 atom stereocenters. The molecule has 8 aromatic carbocycles. The van der Waals surface area contributed by atoms with Crippen LogP contribution in [0.1, 0.15) is 112 Å². The number of furan rings is 1. The van der Waals surface area contributed by atoms with E-state index in [-0.39, 0.29) is 23.0 Å². The fourth-order valence-corrected chi connectivity index (χ4v) is 12.8. The van der Waals surface area contributed by atoms with Crippen molar-refractivity contribution in [3.05, 3.63) is 213 Å². The quantitative estimate of drug-likeness (QED) is 0.161. The highest BCUT2D eigenvalue weighted by Gasteiger charge is 2.45. The van der Waals surface area contributed by atoms with Crippen molar-refractivity contribution in [2.24, 2.45) is 0 Å². The molecular formula is C71H70BN3O. The van der Waals surface area contributed by atoms with E-state index < -0.39 is 0 Å². The molecule has 4 nitrogen and oxygen atoms in total. The van der Waals surface area contributed by atoms with Gasteiger partial charge in [0, 0.05) is 55.4 Å². The van der Waals surface area contributed by atoms with Crippen LogP contribution in [0.5, 0.6) is 0 Å². The number of aryl methyl sites for hydroxylation is 5. The van der Waals surface area contributed by atoms with Crippen molar-refractivity contribution in [3.63, 3.8) is 0 Å². The van der Waals surface area contributed by atoms with Crippen molar-refractivity contribution in [3.8, 4) is 5.69 Å². The molecule has 12 rings (SSSR count). The molecule has 0 saturated heterocycles. The topological polar surface area (TPSA) is 24.6 Å². The maximum atomic E-state index is 6.58. The van der Waals surface area contributed by atoms with E-state index in [9.17, 15) is 0 Å². The van der Waals surface area contributed by atoms with Gasteiger partial charge in [-0.25, -0.2) is 0 Å². The van der Waals surface area contributed by atoms with Crippen LogP contribution < -0.4 is 36.8 Å². The molecule has 2 aliphatic heterocycles. The summed E-state index contributed by atoms with van der Waals surface area (Å²) >= 11 is 0. The number of nitrogens with zero attached hydrogens (tertiary/aromatic N) is 3. The molecule has 0 fully saturated rings. The zero-order chi connectivity index (χ0) is 53.7. The Bertz CT molecular complexity index is 4180. The average molecular weight is 992 g/mol. The first kappa shape index (κ1) is 49.1. The largest absolute Gasteiger partial charge is 0.455 e. The Labute approximate surface area is 450 Å². The molecule has 5 heteroatoms. The minimum atomic E-state index is -0.0773. The third-order valence-electron chi connectivity index (χ3n) is 16.6. The van der Waals surface area contributed by atoms with Crippen molar-refractivity contribution >= 4 is 102 Å². The lowest BCUT2D eigenvalue weighted by molar-refractivity contribution is 0.573. The van der Waals surface area contributed by atoms with Crippen molar-refractivity contribution in [2.45, 2.75) is 113 Å². The number of para-hydroxylation sites is 2. The third-order valence-corrected chi connectivity index (χ3v) is 16.6. The summed E-state index contributed by atoms with van der Waals surface area (Å²) in [5, 5.41) is 4.39. The highest BCUT2D eigenvalue weighted by molar-refractivity contribution is 7.00. The van der Waals surface area contributed by atoms with E-state index in [2.05, 4.69) is 246 Å². The molecule has 0 radical (unpaired) electrons. The van der Waals surface area contributed by atoms with Crippen LogP contribution in [0.15, 0.2) is 157 Å². The van der Waals surface area contributed by atoms with Crippen LogP contribution in [-0.2, 0) is 16.2 Å². The van der Waals surface area contributed by atoms with Gasteiger partial charge in [0.05, 0.1) is 22.4 Å². The van der Waals surface area contributed by atoms with Gasteiger partial charge in [0.2, 0.25) is 0 Å². The second-order valence-corrected chi connectivity index (χ2v) is 25.1. The van der Waals surface area contributed by atoms with Crippen LogP contribution in [0.25, 0.3) is 50.6 Å². The lowest BCUT2D eigenvalue weighted by Crippen LogP contribution is -2.61. The minimum absolute atomic E-state index is 0.00774. The predicted molar refractivity (Wildman–Crippen MR) is 328 cm³/mol. The summed E-state index contributed by atoms with van der Waals surface area (Å²) in [6.07, 6.45) is 1.93. The summed E-state index contributed by atoms with van der Waals surface area (Å²) in [6, 6.07) is 53.2. The Hall–Kier alpha value is -7.76. The summed E-state index contributed by atoms with van der Waals surface area (Å²) < 4.78 is 9.09. The first-order chi connectivity index (χ1) is 36.0. The van der Waals surface area contributed by atoms with Crippen LogP contribution in [-0.4, -0.2) is 11.3 Å². The fraction of sp³-hybridized carbons (Fsp3) is 0.239. The van der Waals surface area contributed by atoms with Gasteiger partial charge in [0.1, 0.15) is 11.0 Å². The lowest BCUT2D eigenvalue weighted by atomic mass is 9.33. The molecule has 0 unspecified atom stereocenters. The zero-order valence-corrected chi connectivity index (χ0v) is 47.1. The summed E-state index contributed by atoms with van der Waals surface area (Å²) in [7, 11) is 0. The standard InChI is InChI=1S/C71H70BN3O/c1-17-52(68-46(7)53-25-21-22-26-64(53)76-68)47-33-42(3)66(43(4)34-47)75-61-40-60-55(54-29-27-49(70(11,12)13)38-59(54)73(60)51-23-19-18-20-24-51)39-57(61)72-56-37-48(69(8,9)10)28-30-58(56)74(62-31-41(2)32-63(75)65(62)72)67-44(5)35-50(36-45(67)6)71(14,15)16/h17-40H,1,7H2,2-6,8-16H3/b68-52-. The number of hydrogen-bond donors (Lipinski definition) is 0. The Morgan fingerprint density at radius 1 is 0.500 bits per heavy atom. The van der Waals surface area contributed by atoms with E-state index in [4.69, 9.17) is 4.42 Å².